The van der Waals surface area contributed by atoms with Gasteiger partial charge in [-0.2, -0.15) is 4.98 Å². The smallest absolute Gasteiger partial charge is 0.264 e. The van der Waals surface area contributed by atoms with Gasteiger partial charge < -0.3 is 14.4 Å². The van der Waals surface area contributed by atoms with Crippen LogP contribution in [0.5, 0.6) is 5.75 Å². The maximum Gasteiger partial charge on any atom is 0.264 e. The fraction of sp³-hybridized carbons (Fsp3) is 0.385. The van der Waals surface area contributed by atoms with Gasteiger partial charge in [-0.1, -0.05) is 30.3 Å². The molecule has 1 aromatic carbocycles. The second kappa shape index (κ2) is 5.64. The predicted octanol–water partition coefficient (Wildman–Crippen LogP) is 2.26. The summed E-state index contributed by atoms with van der Waals surface area (Å²) < 4.78 is 10.6. The number of hydrogen-bond donors (Lipinski definition) is 1. The standard InChI is InChI=1S/C13H16N2O3/c1-3-12-14-13(18-15-12)8-17-11-7-5-4-6-10(11)9(2)16/h4-7,9,16H,3,8H2,1-2H3/t9-/m0/s1. The summed E-state index contributed by atoms with van der Waals surface area (Å²) in [6.07, 6.45) is 0.156. The topological polar surface area (TPSA) is 68.4 Å². The number of aryl methyl sites for hydroxylation is 1. The lowest BCUT2D eigenvalue weighted by atomic mass is 10.1. The molecule has 1 N–H and O–H groups in total. The van der Waals surface area contributed by atoms with Gasteiger partial charge in [0.1, 0.15) is 5.75 Å². The summed E-state index contributed by atoms with van der Waals surface area (Å²) in [6, 6.07) is 7.34. The average Bonchev–Trinajstić information content (AvgIpc) is 2.84. The van der Waals surface area contributed by atoms with Crippen LogP contribution in [0, 0.1) is 0 Å². The number of aliphatic hydroxyl groups excluding tert-OH is 1. The van der Waals surface area contributed by atoms with Gasteiger partial charge in [0.25, 0.3) is 5.89 Å². The van der Waals surface area contributed by atoms with Crippen LogP contribution < -0.4 is 4.74 Å². The highest BCUT2D eigenvalue weighted by Crippen LogP contribution is 2.25. The Hall–Kier alpha value is -1.88. The lowest BCUT2D eigenvalue weighted by molar-refractivity contribution is 0.185. The monoisotopic (exact) mass is 248 g/mol. The van der Waals surface area contributed by atoms with E-state index in [-0.39, 0.29) is 6.61 Å². The van der Waals surface area contributed by atoms with E-state index in [4.69, 9.17) is 9.26 Å². The molecule has 0 amide bonds. The first kappa shape index (κ1) is 12.6. The summed E-state index contributed by atoms with van der Waals surface area (Å²) in [5.74, 6) is 1.73. The van der Waals surface area contributed by atoms with E-state index in [2.05, 4.69) is 10.1 Å². The Balaban J connectivity index is 2.05. The Kier molecular flexibility index (Phi) is 3.94. The summed E-state index contributed by atoms with van der Waals surface area (Å²) >= 11 is 0. The molecule has 1 heterocycles. The van der Waals surface area contributed by atoms with E-state index in [9.17, 15) is 5.11 Å². The van der Waals surface area contributed by atoms with Crippen molar-refractivity contribution in [2.75, 3.05) is 0 Å². The summed E-state index contributed by atoms with van der Waals surface area (Å²) in [5.41, 5.74) is 0.743. The molecule has 0 fully saturated rings. The number of nitrogens with zero attached hydrogens (tertiary/aromatic N) is 2. The Morgan fingerprint density at radius 3 is 2.83 bits per heavy atom. The molecule has 1 aromatic heterocycles. The van der Waals surface area contributed by atoms with Gasteiger partial charge >= 0.3 is 0 Å². The number of hydrogen-bond acceptors (Lipinski definition) is 5. The third-order valence-corrected chi connectivity index (χ3v) is 2.55. The minimum absolute atomic E-state index is 0.205. The quantitative estimate of drug-likeness (QED) is 0.879. The van der Waals surface area contributed by atoms with Crippen molar-refractivity contribution in [3.63, 3.8) is 0 Å². The summed E-state index contributed by atoms with van der Waals surface area (Å²) in [7, 11) is 0. The minimum Gasteiger partial charge on any atom is -0.483 e. The van der Waals surface area contributed by atoms with Crippen LogP contribution in [0.4, 0.5) is 0 Å². The molecule has 5 heteroatoms. The fourth-order valence-corrected chi connectivity index (χ4v) is 1.59. The number of aliphatic hydroxyl groups is 1. The Morgan fingerprint density at radius 2 is 2.17 bits per heavy atom. The second-order valence-corrected chi connectivity index (χ2v) is 3.96. The van der Waals surface area contributed by atoms with E-state index in [1.807, 2.05) is 25.1 Å². The summed E-state index contributed by atoms with van der Waals surface area (Å²) in [6.45, 7) is 3.86. The van der Waals surface area contributed by atoms with E-state index in [1.165, 1.54) is 0 Å². The van der Waals surface area contributed by atoms with Gasteiger partial charge in [0.05, 0.1) is 6.10 Å². The molecule has 0 bridgehead atoms. The minimum atomic E-state index is -0.574. The predicted molar refractivity (Wildman–Crippen MR) is 65.1 cm³/mol. The molecule has 0 radical (unpaired) electrons. The van der Waals surface area contributed by atoms with Crippen LogP contribution in [0.15, 0.2) is 28.8 Å². The Labute approximate surface area is 105 Å². The number of benzene rings is 1. The van der Waals surface area contributed by atoms with Crippen molar-refractivity contribution in [2.24, 2.45) is 0 Å². The highest BCUT2D eigenvalue weighted by molar-refractivity contribution is 5.34. The molecule has 0 saturated carbocycles. The van der Waals surface area contributed by atoms with Crippen LogP contribution >= 0.6 is 0 Å². The molecule has 0 saturated heterocycles. The largest absolute Gasteiger partial charge is 0.483 e. The van der Waals surface area contributed by atoms with E-state index in [0.717, 1.165) is 12.0 Å². The van der Waals surface area contributed by atoms with Crippen LogP contribution in [0.3, 0.4) is 0 Å². The summed E-state index contributed by atoms with van der Waals surface area (Å²) in [4.78, 5) is 4.15. The molecule has 0 aliphatic carbocycles. The maximum atomic E-state index is 9.61. The normalized spacial score (nSPS) is 12.4. The van der Waals surface area contributed by atoms with Gasteiger partial charge in [0, 0.05) is 12.0 Å². The summed E-state index contributed by atoms with van der Waals surface area (Å²) in [5, 5.41) is 13.4. The van der Waals surface area contributed by atoms with Crippen molar-refractivity contribution in [3.8, 4) is 5.75 Å². The molecule has 5 nitrogen and oxygen atoms in total. The molecule has 0 aliphatic rings. The molecule has 2 rings (SSSR count). The lowest BCUT2D eigenvalue weighted by Gasteiger charge is -2.11. The lowest BCUT2D eigenvalue weighted by Crippen LogP contribution is -2.01. The highest BCUT2D eigenvalue weighted by Gasteiger charge is 2.10. The van der Waals surface area contributed by atoms with Crippen LogP contribution in [0.2, 0.25) is 0 Å². The van der Waals surface area contributed by atoms with Gasteiger partial charge in [-0.05, 0) is 13.0 Å². The molecule has 2 aromatic rings. The van der Waals surface area contributed by atoms with Crippen LogP contribution in [0.1, 0.15) is 37.2 Å². The first-order valence-electron chi connectivity index (χ1n) is 5.92. The Bertz CT molecular complexity index is 508. The second-order valence-electron chi connectivity index (χ2n) is 3.96. The zero-order valence-corrected chi connectivity index (χ0v) is 10.5. The van der Waals surface area contributed by atoms with E-state index >= 15 is 0 Å². The Morgan fingerprint density at radius 1 is 1.39 bits per heavy atom. The van der Waals surface area contributed by atoms with E-state index in [0.29, 0.717) is 17.5 Å². The van der Waals surface area contributed by atoms with Gasteiger partial charge in [0.2, 0.25) is 0 Å². The molecule has 0 aliphatic heterocycles. The molecule has 96 valence electrons. The number of rotatable bonds is 5. The van der Waals surface area contributed by atoms with Gasteiger partial charge in [-0.15, -0.1) is 0 Å². The third-order valence-electron chi connectivity index (χ3n) is 2.55. The number of para-hydroxylation sites is 1. The van der Waals surface area contributed by atoms with Crippen molar-refractivity contribution in [1.82, 2.24) is 10.1 Å². The zero-order chi connectivity index (χ0) is 13.0. The third kappa shape index (κ3) is 2.87. The maximum absolute atomic E-state index is 9.61. The molecule has 0 spiro atoms. The molecular formula is C13H16N2O3. The first-order chi connectivity index (χ1) is 8.70. The highest BCUT2D eigenvalue weighted by atomic mass is 16.5. The van der Waals surface area contributed by atoms with E-state index < -0.39 is 6.10 Å². The van der Waals surface area contributed by atoms with Gasteiger partial charge in [-0.25, -0.2) is 0 Å². The van der Waals surface area contributed by atoms with Crippen molar-refractivity contribution in [3.05, 3.63) is 41.5 Å². The first-order valence-corrected chi connectivity index (χ1v) is 5.92. The number of aromatic nitrogens is 2. The fourth-order valence-electron chi connectivity index (χ4n) is 1.59. The van der Waals surface area contributed by atoms with Crippen molar-refractivity contribution in [2.45, 2.75) is 33.0 Å². The van der Waals surface area contributed by atoms with E-state index in [1.54, 1.807) is 13.0 Å². The van der Waals surface area contributed by atoms with Crippen LogP contribution in [-0.4, -0.2) is 15.2 Å². The van der Waals surface area contributed by atoms with Gasteiger partial charge in [-0.3, -0.25) is 0 Å². The number of ether oxygens (including phenoxy) is 1. The van der Waals surface area contributed by atoms with Crippen LogP contribution in [0.25, 0.3) is 0 Å². The zero-order valence-electron chi connectivity index (χ0n) is 10.5. The van der Waals surface area contributed by atoms with Crippen molar-refractivity contribution in [1.29, 1.82) is 0 Å². The molecular weight excluding hydrogens is 232 g/mol. The SMILES string of the molecule is CCc1noc(COc2ccccc2[C@H](C)O)n1. The van der Waals surface area contributed by atoms with Crippen molar-refractivity contribution >= 4 is 0 Å². The van der Waals surface area contributed by atoms with Gasteiger partial charge in [0.15, 0.2) is 12.4 Å². The van der Waals surface area contributed by atoms with Crippen LogP contribution in [-0.2, 0) is 13.0 Å². The molecule has 1 atom stereocenters. The van der Waals surface area contributed by atoms with Crippen molar-refractivity contribution < 1.29 is 14.4 Å². The molecule has 18 heavy (non-hydrogen) atoms. The molecule has 0 unspecified atom stereocenters. The average molecular weight is 248 g/mol.